The number of piperazine rings is 1. The van der Waals surface area contributed by atoms with Gasteiger partial charge in [-0.3, -0.25) is 18.9 Å². The van der Waals surface area contributed by atoms with Gasteiger partial charge in [-0.2, -0.15) is 0 Å². The summed E-state index contributed by atoms with van der Waals surface area (Å²) in [4.78, 5) is 38.4. The molecule has 4 heterocycles. The first-order chi connectivity index (χ1) is 15.8. The summed E-state index contributed by atoms with van der Waals surface area (Å²) in [5, 5.41) is 0. The number of rotatable bonds is 6. The van der Waals surface area contributed by atoms with Gasteiger partial charge in [0.1, 0.15) is 15.8 Å². The van der Waals surface area contributed by atoms with Crippen molar-refractivity contribution in [2.24, 2.45) is 5.92 Å². The van der Waals surface area contributed by atoms with Crippen molar-refractivity contribution in [3.05, 3.63) is 44.7 Å². The number of amides is 1. The molecule has 2 fully saturated rings. The largest absolute Gasteiger partial charge is 0.353 e. The number of aromatic nitrogens is 2. The Morgan fingerprint density at radius 1 is 1.21 bits per heavy atom. The van der Waals surface area contributed by atoms with Gasteiger partial charge in [-0.1, -0.05) is 50.8 Å². The van der Waals surface area contributed by atoms with Gasteiger partial charge in [0.25, 0.3) is 11.5 Å². The second-order valence-corrected chi connectivity index (χ2v) is 10.7. The van der Waals surface area contributed by atoms with Gasteiger partial charge in [-0.25, -0.2) is 4.98 Å². The highest BCUT2D eigenvalue weighted by Gasteiger charge is 2.33. The van der Waals surface area contributed by atoms with Gasteiger partial charge in [-0.15, -0.1) is 0 Å². The van der Waals surface area contributed by atoms with Crippen LogP contribution in [0.5, 0.6) is 0 Å². The Morgan fingerprint density at radius 3 is 2.61 bits per heavy atom. The average Bonchev–Trinajstić information content (AvgIpc) is 3.06. The van der Waals surface area contributed by atoms with E-state index in [0.717, 1.165) is 44.7 Å². The molecule has 9 heteroatoms. The molecule has 0 atom stereocenters. The molecule has 0 spiro atoms. The molecule has 33 heavy (non-hydrogen) atoms. The standard InChI is InChI=1S/C24H31N5O2S2/c1-5-26-11-13-27(14-12-26)21-18(22(30)28-9-6-7-17(4)20(28)25-21)15-19-23(31)29(24(32)33-19)10-8-16(2)3/h6-7,9,15-16H,5,8,10-14H2,1-4H3/b19-15+. The second kappa shape index (κ2) is 9.95. The smallest absolute Gasteiger partial charge is 0.267 e. The van der Waals surface area contributed by atoms with Crippen molar-refractivity contribution < 1.29 is 4.79 Å². The molecule has 1 amide bonds. The predicted molar refractivity (Wildman–Crippen MR) is 140 cm³/mol. The third kappa shape index (κ3) is 4.85. The van der Waals surface area contributed by atoms with E-state index in [2.05, 4.69) is 30.6 Å². The number of hydrogen-bond donors (Lipinski definition) is 0. The van der Waals surface area contributed by atoms with Gasteiger partial charge in [0.2, 0.25) is 0 Å². The molecule has 0 aliphatic carbocycles. The van der Waals surface area contributed by atoms with E-state index >= 15 is 0 Å². The van der Waals surface area contributed by atoms with E-state index < -0.39 is 0 Å². The summed E-state index contributed by atoms with van der Waals surface area (Å²) >= 11 is 6.76. The number of pyridine rings is 1. The Hall–Kier alpha value is -2.23. The van der Waals surface area contributed by atoms with E-state index in [1.807, 2.05) is 19.1 Å². The van der Waals surface area contributed by atoms with E-state index in [1.54, 1.807) is 21.6 Å². The Kier molecular flexibility index (Phi) is 7.21. The van der Waals surface area contributed by atoms with E-state index in [4.69, 9.17) is 17.2 Å². The van der Waals surface area contributed by atoms with Crippen LogP contribution in [-0.4, -0.2) is 68.7 Å². The molecule has 4 rings (SSSR count). The maximum atomic E-state index is 13.6. The van der Waals surface area contributed by atoms with Crippen molar-refractivity contribution in [3.8, 4) is 0 Å². The first kappa shape index (κ1) is 23.9. The van der Waals surface area contributed by atoms with Crippen LogP contribution in [0.15, 0.2) is 28.0 Å². The van der Waals surface area contributed by atoms with Gasteiger partial charge in [0.15, 0.2) is 0 Å². The highest BCUT2D eigenvalue weighted by Crippen LogP contribution is 2.34. The van der Waals surface area contributed by atoms with Crippen LogP contribution >= 0.6 is 24.0 Å². The molecule has 0 radical (unpaired) electrons. The van der Waals surface area contributed by atoms with Crippen LogP contribution in [0.1, 0.15) is 38.3 Å². The van der Waals surface area contributed by atoms with Crippen molar-refractivity contribution in [2.45, 2.75) is 34.1 Å². The number of thiocarbonyl (C=S) groups is 1. The zero-order valence-electron chi connectivity index (χ0n) is 19.7. The van der Waals surface area contributed by atoms with Gasteiger partial charge < -0.3 is 9.80 Å². The maximum absolute atomic E-state index is 13.6. The zero-order valence-corrected chi connectivity index (χ0v) is 21.3. The van der Waals surface area contributed by atoms with Crippen LogP contribution in [-0.2, 0) is 4.79 Å². The predicted octanol–water partition coefficient (Wildman–Crippen LogP) is 3.39. The number of thioether (sulfide) groups is 1. The fourth-order valence-corrected chi connectivity index (χ4v) is 5.45. The van der Waals surface area contributed by atoms with E-state index in [1.165, 1.54) is 11.8 Å². The Balaban J connectivity index is 1.78. The molecule has 0 N–H and O–H groups in total. The SMILES string of the molecule is CCN1CCN(c2nc3c(C)cccn3c(=O)c2/C=C2/SC(=S)N(CCC(C)C)C2=O)CC1. The number of carbonyl (C=O) groups is 1. The summed E-state index contributed by atoms with van der Waals surface area (Å²) in [5.74, 6) is 1.00. The van der Waals surface area contributed by atoms with Crippen LogP contribution in [0.3, 0.4) is 0 Å². The summed E-state index contributed by atoms with van der Waals surface area (Å²) in [5.41, 5.74) is 1.88. The average molecular weight is 486 g/mol. The number of likely N-dealkylation sites (N-methyl/N-ethyl adjacent to an activating group) is 1. The number of fused-ring (bicyclic) bond motifs is 1. The molecule has 0 unspecified atom stereocenters. The summed E-state index contributed by atoms with van der Waals surface area (Å²) in [6.07, 6.45) is 4.33. The molecule has 0 aromatic carbocycles. The molecular formula is C24H31N5O2S2. The molecule has 2 aromatic rings. The maximum Gasteiger partial charge on any atom is 0.267 e. The Morgan fingerprint density at radius 2 is 1.94 bits per heavy atom. The monoisotopic (exact) mass is 485 g/mol. The highest BCUT2D eigenvalue weighted by molar-refractivity contribution is 8.26. The molecule has 2 aliphatic heterocycles. The Labute approximate surface area is 204 Å². The molecule has 176 valence electrons. The summed E-state index contributed by atoms with van der Waals surface area (Å²) in [6.45, 7) is 13.4. The number of nitrogens with zero attached hydrogens (tertiary/aromatic N) is 5. The topological polar surface area (TPSA) is 61.2 Å². The minimum absolute atomic E-state index is 0.124. The molecule has 2 aliphatic rings. The molecule has 2 saturated heterocycles. The van der Waals surface area contributed by atoms with Crippen LogP contribution < -0.4 is 10.5 Å². The lowest BCUT2D eigenvalue weighted by molar-refractivity contribution is -0.122. The lowest BCUT2D eigenvalue weighted by atomic mass is 10.1. The minimum Gasteiger partial charge on any atom is -0.353 e. The van der Waals surface area contributed by atoms with Crippen LogP contribution in [0.4, 0.5) is 5.82 Å². The molecule has 2 aromatic heterocycles. The number of anilines is 1. The first-order valence-electron chi connectivity index (χ1n) is 11.5. The second-order valence-electron chi connectivity index (χ2n) is 8.98. The van der Waals surface area contributed by atoms with Crippen molar-refractivity contribution >= 4 is 51.7 Å². The zero-order chi connectivity index (χ0) is 23.7. The lowest BCUT2D eigenvalue weighted by Crippen LogP contribution is -2.47. The molecule has 7 nitrogen and oxygen atoms in total. The summed E-state index contributed by atoms with van der Waals surface area (Å²) in [6, 6.07) is 3.81. The normalized spacial score (nSPS) is 19.0. The summed E-state index contributed by atoms with van der Waals surface area (Å²) < 4.78 is 2.13. The first-order valence-corrected chi connectivity index (χ1v) is 12.8. The van der Waals surface area contributed by atoms with E-state index in [0.29, 0.717) is 38.7 Å². The van der Waals surface area contributed by atoms with Crippen molar-refractivity contribution in [2.75, 3.05) is 44.2 Å². The third-order valence-corrected chi connectivity index (χ3v) is 7.64. The van der Waals surface area contributed by atoms with E-state index in [-0.39, 0.29) is 11.5 Å². The minimum atomic E-state index is -0.163. The fraction of sp³-hybridized carbons (Fsp3) is 0.500. The molecule has 0 saturated carbocycles. The molecule has 0 bridgehead atoms. The quantitative estimate of drug-likeness (QED) is 0.459. The highest BCUT2D eigenvalue weighted by atomic mass is 32.2. The van der Waals surface area contributed by atoms with Gasteiger partial charge >= 0.3 is 0 Å². The van der Waals surface area contributed by atoms with E-state index in [9.17, 15) is 9.59 Å². The van der Waals surface area contributed by atoms with Gasteiger partial charge in [0.05, 0.1) is 10.5 Å². The van der Waals surface area contributed by atoms with Crippen LogP contribution in [0, 0.1) is 12.8 Å². The summed E-state index contributed by atoms with van der Waals surface area (Å²) in [7, 11) is 0. The fourth-order valence-electron chi connectivity index (χ4n) is 4.15. The number of aryl methyl sites for hydroxylation is 1. The number of hydrogen-bond acceptors (Lipinski definition) is 7. The van der Waals surface area contributed by atoms with Gasteiger partial charge in [-0.05, 0) is 43.5 Å². The Bertz CT molecular complexity index is 1170. The third-order valence-electron chi connectivity index (χ3n) is 6.26. The van der Waals surface area contributed by atoms with Crippen LogP contribution in [0.2, 0.25) is 0 Å². The van der Waals surface area contributed by atoms with Gasteiger partial charge in [0, 0.05) is 38.9 Å². The van der Waals surface area contributed by atoms with Crippen molar-refractivity contribution in [1.29, 1.82) is 0 Å². The number of carbonyl (C=O) groups excluding carboxylic acids is 1. The van der Waals surface area contributed by atoms with Crippen molar-refractivity contribution in [1.82, 2.24) is 19.2 Å². The van der Waals surface area contributed by atoms with Crippen LogP contribution in [0.25, 0.3) is 11.7 Å². The van der Waals surface area contributed by atoms with Crippen molar-refractivity contribution in [3.63, 3.8) is 0 Å². The molecular weight excluding hydrogens is 454 g/mol. The lowest BCUT2D eigenvalue weighted by Gasteiger charge is -2.35.